The van der Waals surface area contributed by atoms with Gasteiger partial charge in [0.1, 0.15) is 29.2 Å². The second kappa shape index (κ2) is 8.73. The Labute approximate surface area is 189 Å². The maximum atomic E-state index is 13.2. The Kier molecular flexibility index (Phi) is 6.40. The molecule has 0 bridgehead atoms. The number of carboxylic acid groups (broad SMARTS) is 1. The number of phenols is 1. The van der Waals surface area contributed by atoms with Gasteiger partial charge in [-0.25, -0.2) is 9.59 Å². The van der Waals surface area contributed by atoms with E-state index in [2.05, 4.69) is 15.4 Å². The molecule has 3 rings (SSSR count). The van der Waals surface area contributed by atoms with Gasteiger partial charge >= 0.3 is 11.9 Å². The highest BCUT2D eigenvalue weighted by molar-refractivity contribution is 8.01. The van der Waals surface area contributed by atoms with Crippen molar-refractivity contribution in [1.82, 2.24) is 15.5 Å². The summed E-state index contributed by atoms with van der Waals surface area (Å²) in [5.74, 6) is -2.67. The number of nitrogens with zero attached hydrogens (tertiary/aromatic N) is 1. The number of ether oxygens (including phenoxy) is 1. The van der Waals surface area contributed by atoms with E-state index >= 15 is 0 Å². The second-order valence-corrected chi connectivity index (χ2v) is 9.87. The van der Waals surface area contributed by atoms with Gasteiger partial charge in [0.05, 0.1) is 7.11 Å². The minimum Gasteiger partial charge on any atom is -0.508 e. The smallest absolute Gasteiger partial charge is 0.332 e. The summed E-state index contributed by atoms with van der Waals surface area (Å²) in [6, 6.07) is 3.09. The fourth-order valence-corrected chi connectivity index (χ4v) is 5.48. The predicted octanol–water partition coefficient (Wildman–Crippen LogP) is 0.731. The third-order valence-corrected chi connectivity index (χ3v) is 6.94. The van der Waals surface area contributed by atoms with Crippen LogP contribution < -0.4 is 10.6 Å². The number of allylic oxidation sites excluding steroid dienone is 1. The zero-order chi connectivity index (χ0) is 23.8. The minimum atomic E-state index is -1.09. The number of thioether (sulfide) groups is 1. The molecule has 32 heavy (non-hydrogen) atoms. The molecule has 2 amide bonds. The first kappa shape index (κ1) is 23.5. The quantitative estimate of drug-likeness (QED) is 0.261. The van der Waals surface area contributed by atoms with Crippen molar-refractivity contribution in [3.8, 4) is 5.75 Å². The number of carbonyl (C=O) groups is 4. The average Bonchev–Trinajstić information content (AvgIpc) is 2.98. The number of nitrogens with one attached hydrogen (secondary N) is 2. The van der Waals surface area contributed by atoms with E-state index in [4.69, 9.17) is 0 Å². The normalized spacial score (nSPS) is 24.8. The van der Waals surface area contributed by atoms with Crippen molar-refractivity contribution in [1.29, 1.82) is 0 Å². The Balaban J connectivity index is 1.81. The van der Waals surface area contributed by atoms with Crippen molar-refractivity contribution >= 4 is 35.5 Å². The number of carbonyl (C=O) groups excluding carboxylic acids is 3. The maximum Gasteiger partial charge on any atom is 0.332 e. The molecule has 11 heteroatoms. The summed E-state index contributed by atoms with van der Waals surface area (Å²) in [6.45, 7) is 5.09. The second-order valence-electron chi connectivity index (χ2n) is 8.10. The molecule has 0 saturated carbocycles. The van der Waals surface area contributed by atoms with Gasteiger partial charge in [0, 0.05) is 16.5 Å². The SMILES string of the molecule is COC(=O)C=C(C)NC(C(=O)NC1C(=O)N2[C@@H]1SC(C)(C)[C@@H]2C(=O)O)c1ccc(O)cc1. The molecule has 4 atom stereocenters. The number of aromatic hydroxyl groups is 1. The monoisotopic (exact) mass is 463 g/mol. The molecule has 0 aromatic heterocycles. The molecule has 1 aromatic rings. The van der Waals surface area contributed by atoms with Crippen LogP contribution in [0.2, 0.25) is 0 Å². The van der Waals surface area contributed by atoms with Crippen LogP contribution in [0.3, 0.4) is 0 Å². The molecule has 0 radical (unpaired) electrons. The van der Waals surface area contributed by atoms with Gasteiger partial charge in [0.2, 0.25) is 11.8 Å². The van der Waals surface area contributed by atoms with E-state index < -0.39 is 52.0 Å². The molecule has 0 spiro atoms. The van der Waals surface area contributed by atoms with E-state index in [1.165, 1.54) is 42.0 Å². The van der Waals surface area contributed by atoms with Crippen LogP contribution in [0.4, 0.5) is 0 Å². The predicted molar refractivity (Wildman–Crippen MR) is 115 cm³/mol. The first-order chi connectivity index (χ1) is 15.0. The fourth-order valence-electron chi connectivity index (χ4n) is 3.85. The van der Waals surface area contributed by atoms with Crippen molar-refractivity contribution in [3.05, 3.63) is 41.6 Å². The van der Waals surface area contributed by atoms with Crippen LogP contribution in [0.15, 0.2) is 36.0 Å². The molecule has 1 aromatic carbocycles. The molecule has 0 aliphatic carbocycles. The van der Waals surface area contributed by atoms with Crippen LogP contribution in [-0.2, 0) is 23.9 Å². The Bertz CT molecular complexity index is 976. The lowest BCUT2D eigenvalue weighted by Crippen LogP contribution is -2.71. The number of amides is 2. The number of carboxylic acids is 1. The fraction of sp³-hybridized carbons (Fsp3) is 0.429. The van der Waals surface area contributed by atoms with Crippen LogP contribution >= 0.6 is 11.8 Å². The number of hydrogen-bond donors (Lipinski definition) is 4. The highest BCUT2D eigenvalue weighted by atomic mass is 32.2. The highest BCUT2D eigenvalue weighted by Crippen LogP contribution is 2.50. The number of hydrogen-bond acceptors (Lipinski definition) is 8. The van der Waals surface area contributed by atoms with Crippen molar-refractivity contribution in [2.75, 3.05) is 7.11 Å². The van der Waals surface area contributed by atoms with Gasteiger partial charge in [-0.3, -0.25) is 9.59 Å². The van der Waals surface area contributed by atoms with Crippen molar-refractivity contribution in [2.45, 2.75) is 49.0 Å². The third kappa shape index (κ3) is 4.38. The van der Waals surface area contributed by atoms with Crippen LogP contribution in [0.5, 0.6) is 5.75 Å². The highest BCUT2D eigenvalue weighted by Gasteiger charge is 2.64. The summed E-state index contributed by atoms with van der Waals surface area (Å²) < 4.78 is 3.89. The summed E-state index contributed by atoms with van der Waals surface area (Å²) in [7, 11) is 1.23. The van der Waals surface area contributed by atoms with Gasteiger partial charge in [-0.15, -0.1) is 11.8 Å². The van der Waals surface area contributed by atoms with Gasteiger partial charge in [0.25, 0.3) is 0 Å². The molecule has 172 valence electrons. The molecule has 2 aliphatic rings. The Morgan fingerprint density at radius 2 is 1.88 bits per heavy atom. The lowest BCUT2D eigenvalue weighted by atomic mass is 9.95. The molecule has 2 unspecified atom stereocenters. The zero-order valence-electron chi connectivity index (χ0n) is 18.0. The van der Waals surface area contributed by atoms with E-state index in [1.807, 2.05) is 0 Å². The first-order valence-electron chi connectivity index (χ1n) is 9.81. The summed E-state index contributed by atoms with van der Waals surface area (Å²) >= 11 is 1.33. The van der Waals surface area contributed by atoms with Crippen LogP contribution in [0, 0.1) is 0 Å². The van der Waals surface area contributed by atoms with E-state index in [0.717, 1.165) is 0 Å². The summed E-state index contributed by atoms with van der Waals surface area (Å²) in [6.07, 6.45) is 1.18. The maximum absolute atomic E-state index is 13.2. The van der Waals surface area contributed by atoms with Gasteiger partial charge in [0.15, 0.2) is 0 Å². The number of rotatable bonds is 7. The lowest BCUT2D eigenvalue weighted by molar-refractivity contribution is -0.161. The first-order valence-corrected chi connectivity index (χ1v) is 10.7. The zero-order valence-corrected chi connectivity index (χ0v) is 18.8. The summed E-state index contributed by atoms with van der Waals surface area (Å²) in [5, 5.41) is 24.3. The van der Waals surface area contributed by atoms with Gasteiger partial charge in [-0.05, 0) is 38.5 Å². The van der Waals surface area contributed by atoms with Crippen LogP contribution in [0.25, 0.3) is 0 Å². The molecule has 2 saturated heterocycles. The summed E-state index contributed by atoms with van der Waals surface area (Å²) in [5.41, 5.74) is 0.846. The number of β-lactam (4-membered cyclic amide) rings is 1. The Morgan fingerprint density at radius 3 is 2.44 bits per heavy atom. The van der Waals surface area contributed by atoms with E-state index in [1.54, 1.807) is 32.9 Å². The average molecular weight is 464 g/mol. The van der Waals surface area contributed by atoms with E-state index in [-0.39, 0.29) is 5.75 Å². The molecular weight excluding hydrogens is 438 g/mol. The number of methoxy groups -OCH3 is 1. The largest absolute Gasteiger partial charge is 0.508 e. The molecule has 4 N–H and O–H groups in total. The Morgan fingerprint density at radius 1 is 1.25 bits per heavy atom. The Hall–Kier alpha value is -3.21. The third-order valence-electron chi connectivity index (χ3n) is 5.37. The molecular formula is C21H25N3O7S. The topological polar surface area (TPSA) is 145 Å². The van der Waals surface area contributed by atoms with E-state index in [0.29, 0.717) is 11.3 Å². The van der Waals surface area contributed by atoms with Gasteiger partial charge in [-0.2, -0.15) is 0 Å². The van der Waals surface area contributed by atoms with Crippen molar-refractivity contribution in [2.24, 2.45) is 0 Å². The standard InChI is InChI=1S/C21H25N3O7S/c1-10(9-13(26)31-4)22-14(11-5-7-12(25)8-6-11)17(27)23-15-18(28)24-16(20(29)30)21(2,3)32-19(15)24/h5-9,14-16,19,22,25H,1-4H3,(H,23,27)(H,29,30)/t14?,15?,16-,19+/m0/s1. The van der Waals surface area contributed by atoms with Crippen LogP contribution in [-0.4, -0.2) is 68.2 Å². The van der Waals surface area contributed by atoms with Gasteiger partial charge in [-0.1, -0.05) is 12.1 Å². The van der Waals surface area contributed by atoms with Gasteiger partial charge < -0.3 is 30.5 Å². The van der Waals surface area contributed by atoms with Crippen molar-refractivity contribution < 1.29 is 34.1 Å². The molecule has 2 fully saturated rings. The van der Waals surface area contributed by atoms with E-state index in [9.17, 15) is 29.4 Å². The van der Waals surface area contributed by atoms with Crippen molar-refractivity contribution in [3.63, 3.8) is 0 Å². The molecule has 10 nitrogen and oxygen atoms in total. The van der Waals surface area contributed by atoms with Crippen LogP contribution in [0.1, 0.15) is 32.4 Å². The summed E-state index contributed by atoms with van der Waals surface area (Å²) in [4.78, 5) is 50.3. The molecule has 2 heterocycles. The number of phenolic OH excluding ortho intramolecular Hbond substituents is 1. The molecule has 2 aliphatic heterocycles. The number of aliphatic carboxylic acids is 1. The lowest BCUT2D eigenvalue weighted by Gasteiger charge is -2.44. The minimum absolute atomic E-state index is 0.0174. The number of esters is 1. The number of benzene rings is 1. The number of fused-ring (bicyclic) bond motifs is 1.